The summed E-state index contributed by atoms with van der Waals surface area (Å²) in [6.45, 7) is 9.55. The number of hydrogen-bond acceptors (Lipinski definition) is 6. The molecule has 0 bridgehead atoms. The fourth-order valence-corrected chi connectivity index (χ4v) is 5.22. The number of hydrogen-bond donors (Lipinski definition) is 1. The Bertz CT molecular complexity index is 993. The van der Waals surface area contributed by atoms with Gasteiger partial charge in [0.2, 0.25) is 8.38 Å². The lowest BCUT2D eigenvalue weighted by atomic mass is 10.1. The minimum atomic E-state index is -1.04. The van der Waals surface area contributed by atoms with Crippen molar-refractivity contribution in [3.05, 3.63) is 36.4 Å². The largest absolute Gasteiger partial charge is 0.338 e. The molecule has 0 atom stereocenters. The van der Waals surface area contributed by atoms with Gasteiger partial charge in [0, 0.05) is 23.0 Å². The third-order valence-corrected chi connectivity index (χ3v) is 7.25. The molecule has 0 unspecified atom stereocenters. The number of aromatic nitrogens is 4. The lowest BCUT2D eigenvalue weighted by Crippen LogP contribution is -2.09. The van der Waals surface area contributed by atoms with Gasteiger partial charge in [0.25, 0.3) is 0 Å². The highest BCUT2D eigenvalue weighted by Crippen LogP contribution is 2.38. The average molecular weight is 442 g/mol. The molecule has 0 radical (unpaired) electrons. The van der Waals surface area contributed by atoms with Gasteiger partial charge in [-0.05, 0) is 64.8 Å². The third kappa shape index (κ3) is 4.89. The predicted molar refractivity (Wildman–Crippen MR) is 126 cm³/mol. The minimum Gasteiger partial charge on any atom is -0.338 e. The van der Waals surface area contributed by atoms with Crippen LogP contribution in [0.3, 0.4) is 0 Å². The predicted octanol–water partition coefficient (Wildman–Crippen LogP) is 5.82. The van der Waals surface area contributed by atoms with Crippen LogP contribution in [0, 0.1) is 0 Å². The van der Waals surface area contributed by atoms with Crippen LogP contribution in [0.15, 0.2) is 30.6 Å². The lowest BCUT2D eigenvalue weighted by Gasteiger charge is -2.16. The number of nitrogens with one attached hydrogen (secondary N) is 1. The Hall–Kier alpha value is -2.08. The molecule has 1 saturated carbocycles. The molecule has 0 saturated heterocycles. The van der Waals surface area contributed by atoms with Crippen molar-refractivity contribution in [3.8, 4) is 0 Å². The number of fused-ring (bicyclic) bond motifs is 1. The number of nitrogens with zero attached hydrogens (tertiary/aromatic N) is 4. The van der Waals surface area contributed by atoms with Gasteiger partial charge in [0.15, 0.2) is 17.0 Å². The van der Waals surface area contributed by atoms with Gasteiger partial charge in [-0.1, -0.05) is 12.8 Å². The summed E-state index contributed by atoms with van der Waals surface area (Å²) < 4.78 is 13.7. The topological polar surface area (TPSA) is 74.1 Å². The number of imidazole rings is 1. The first-order chi connectivity index (χ1) is 15.1. The van der Waals surface area contributed by atoms with E-state index in [2.05, 4.69) is 40.8 Å². The van der Waals surface area contributed by atoms with Crippen molar-refractivity contribution < 1.29 is 9.05 Å². The smallest absolute Gasteiger partial charge is 0.205 e. The molecule has 166 valence electrons. The van der Waals surface area contributed by atoms with Gasteiger partial charge in [0.05, 0.1) is 19.5 Å². The summed E-state index contributed by atoms with van der Waals surface area (Å²) in [6.07, 6.45) is 6.70. The molecule has 1 N–H and O–H groups in total. The Balaban J connectivity index is 1.65. The summed E-state index contributed by atoms with van der Waals surface area (Å²) in [7, 11) is -1.04. The van der Waals surface area contributed by atoms with Crippen LogP contribution in [0.4, 0.5) is 11.5 Å². The van der Waals surface area contributed by atoms with E-state index in [-0.39, 0.29) is 0 Å². The molecule has 4 rings (SSSR count). The lowest BCUT2D eigenvalue weighted by molar-refractivity contribution is 0.277. The van der Waals surface area contributed by atoms with Gasteiger partial charge in [-0.2, -0.15) is 0 Å². The van der Waals surface area contributed by atoms with E-state index in [1.807, 2.05) is 32.3 Å². The highest BCUT2D eigenvalue weighted by atomic mass is 31.2. The highest BCUT2D eigenvalue weighted by molar-refractivity contribution is 7.56. The summed E-state index contributed by atoms with van der Waals surface area (Å²) >= 11 is 0. The number of benzene rings is 1. The summed E-state index contributed by atoms with van der Waals surface area (Å²) in [5, 5.41) is 4.55. The number of rotatable bonds is 9. The molecule has 8 heteroatoms. The fourth-order valence-electron chi connectivity index (χ4n) is 3.99. The zero-order chi connectivity index (χ0) is 21.8. The third-order valence-electron chi connectivity index (χ3n) is 5.55. The molecule has 1 aliphatic carbocycles. The van der Waals surface area contributed by atoms with Crippen molar-refractivity contribution in [2.75, 3.05) is 18.5 Å². The summed E-state index contributed by atoms with van der Waals surface area (Å²) in [5.74, 6) is 2.14. The molecule has 7 nitrogen and oxygen atoms in total. The fraction of sp³-hybridized carbons (Fsp3) is 0.522. The molecule has 1 fully saturated rings. The monoisotopic (exact) mass is 441 g/mol. The van der Waals surface area contributed by atoms with E-state index in [4.69, 9.17) is 19.0 Å². The molecule has 2 heterocycles. The van der Waals surface area contributed by atoms with Crippen LogP contribution in [-0.4, -0.2) is 32.7 Å². The van der Waals surface area contributed by atoms with Crippen molar-refractivity contribution in [1.29, 1.82) is 0 Å². The van der Waals surface area contributed by atoms with Gasteiger partial charge >= 0.3 is 0 Å². The van der Waals surface area contributed by atoms with Crippen molar-refractivity contribution in [3.63, 3.8) is 0 Å². The molecule has 0 spiro atoms. The maximum atomic E-state index is 5.77. The summed E-state index contributed by atoms with van der Waals surface area (Å²) in [5.41, 5.74) is 2.68. The van der Waals surface area contributed by atoms with E-state index in [0.717, 1.165) is 46.6 Å². The van der Waals surface area contributed by atoms with Crippen LogP contribution >= 0.6 is 8.38 Å². The molecular weight excluding hydrogens is 409 g/mol. The summed E-state index contributed by atoms with van der Waals surface area (Å²) in [4.78, 5) is 14.5. The van der Waals surface area contributed by atoms with E-state index in [1.165, 1.54) is 12.8 Å². The first kappa shape index (κ1) is 22.1. The van der Waals surface area contributed by atoms with Crippen LogP contribution < -0.4 is 10.6 Å². The van der Waals surface area contributed by atoms with Crippen molar-refractivity contribution >= 4 is 36.3 Å². The maximum Gasteiger partial charge on any atom is 0.205 e. The van der Waals surface area contributed by atoms with Gasteiger partial charge in [-0.3, -0.25) is 0 Å². The average Bonchev–Trinajstić information content (AvgIpc) is 3.44. The van der Waals surface area contributed by atoms with Crippen molar-refractivity contribution in [1.82, 2.24) is 19.5 Å². The Morgan fingerprint density at radius 3 is 2.35 bits per heavy atom. The van der Waals surface area contributed by atoms with E-state index in [9.17, 15) is 0 Å². The Labute approximate surface area is 185 Å². The van der Waals surface area contributed by atoms with Crippen LogP contribution in [0.5, 0.6) is 0 Å². The van der Waals surface area contributed by atoms with Crippen LogP contribution in [-0.2, 0) is 9.05 Å². The van der Waals surface area contributed by atoms with Gasteiger partial charge in [-0.25, -0.2) is 15.0 Å². The molecule has 0 aliphatic heterocycles. The zero-order valence-corrected chi connectivity index (χ0v) is 19.7. The van der Waals surface area contributed by atoms with Gasteiger partial charge in [0.1, 0.15) is 5.82 Å². The summed E-state index contributed by atoms with van der Waals surface area (Å²) in [6, 6.07) is 8.50. The molecule has 31 heavy (non-hydrogen) atoms. The SMILES string of the molecule is CCOP(OCC)c1ccc(Nc2nc(C3CCCC3)nc3c2ncn3C(C)C)cc1. The number of anilines is 2. The quantitative estimate of drug-likeness (QED) is 0.422. The Morgan fingerprint density at radius 1 is 1.06 bits per heavy atom. The Kier molecular flexibility index (Phi) is 7.16. The minimum absolute atomic E-state index is 0.292. The van der Waals surface area contributed by atoms with E-state index in [0.29, 0.717) is 25.2 Å². The van der Waals surface area contributed by atoms with E-state index >= 15 is 0 Å². The molecule has 1 aliphatic rings. The molecule has 2 aromatic heterocycles. The van der Waals surface area contributed by atoms with Crippen LogP contribution in [0.2, 0.25) is 0 Å². The molecule has 1 aromatic carbocycles. The van der Waals surface area contributed by atoms with E-state index in [1.54, 1.807) is 0 Å². The standard InChI is InChI=1S/C23H32N5O2P/c1-5-29-31(30-6-2)19-13-11-18(12-14-19)25-22-20-23(28(15-24-20)16(3)4)27-21(26-22)17-9-7-8-10-17/h11-17H,5-10H2,1-4H3,(H,25,26,27). The second-order valence-electron chi connectivity index (χ2n) is 8.09. The normalized spacial score (nSPS) is 14.9. The van der Waals surface area contributed by atoms with Crippen molar-refractivity contribution in [2.45, 2.75) is 65.3 Å². The molecule has 3 aromatic rings. The van der Waals surface area contributed by atoms with Crippen molar-refractivity contribution in [2.24, 2.45) is 0 Å². The second-order valence-corrected chi connectivity index (χ2v) is 9.64. The zero-order valence-electron chi connectivity index (χ0n) is 18.8. The maximum absolute atomic E-state index is 5.77. The first-order valence-electron chi connectivity index (χ1n) is 11.3. The first-order valence-corrected chi connectivity index (χ1v) is 12.5. The molecule has 0 amide bonds. The van der Waals surface area contributed by atoms with Gasteiger partial charge in [-0.15, -0.1) is 0 Å². The van der Waals surface area contributed by atoms with E-state index < -0.39 is 8.38 Å². The van der Waals surface area contributed by atoms with Crippen LogP contribution in [0.25, 0.3) is 11.2 Å². The Morgan fingerprint density at radius 2 is 1.74 bits per heavy atom. The van der Waals surface area contributed by atoms with Crippen LogP contribution in [0.1, 0.15) is 71.2 Å². The second kappa shape index (κ2) is 10.0. The molecular formula is C23H32N5O2P. The highest BCUT2D eigenvalue weighted by Gasteiger charge is 2.23. The van der Waals surface area contributed by atoms with Gasteiger partial charge < -0.3 is 18.9 Å².